The van der Waals surface area contributed by atoms with E-state index in [-0.39, 0.29) is 12.4 Å². The topological polar surface area (TPSA) is 29.1 Å². The lowest BCUT2D eigenvalue weighted by atomic mass is 10.2. The molecule has 0 spiro atoms. The fourth-order valence-corrected chi connectivity index (χ4v) is 0.507. The first-order valence-electron chi connectivity index (χ1n) is 2.39. The Morgan fingerprint density at radius 2 is 2.38 bits per heavy atom. The second kappa shape index (κ2) is 5.03. The van der Waals surface area contributed by atoms with Crippen LogP contribution in [0.25, 0.3) is 0 Å². The van der Waals surface area contributed by atoms with Gasteiger partial charge in [-0.1, -0.05) is 0 Å². The molecule has 0 aromatic carbocycles. The highest BCUT2D eigenvalue weighted by Gasteiger charge is 1.92. The minimum atomic E-state index is -0.0394. The van der Waals surface area contributed by atoms with Gasteiger partial charge in [-0.3, -0.25) is 4.79 Å². The molecule has 0 aliphatic carbocycles. The maximum absolute atomic E-state index is 10.4. The highest BCUT2D eigenvalue weighted by atomic mass is 32.1. The Bertz CT molecular complexity index is 70.4. The Kier molecular flexibility index (Phi) is 4.96. The standard InChI is InChI=1S/C4H8BNOS/c5-3-6-4(7)1-2-8/h8H,1-3H2,(H,6,7). The highest BCUT2D eigenvalue weighted by Crippen LogP contribution is 1.80. The smallest absolute Gasteiger partial charge is 0.220 e. The van der Waals surface area contributed by atoms with Crippen LogP contribution >= 0.6 is 12.6 Å². The first-order valence-corrected chi connectivity index (χ1v) is 3.02. The van der Waals surface area contributed by atoms with Gasteiger partial charge < -0.3 is 5.32 Å². The fraction of sp³-hybridized carbons (Fsp3) is 0.750. The minimum absolute atomic E-state index is 0.0394. The van der Waals surface area contributed by atoms with Gasteiger partial charge in [-0.2, -0.15) is 12.6 Å². The summed E-state index contributed by atoms with van der Waals surface area (Å²) in [5.74, 6) is 0.536. The van der Waals surface area contributed by atoms with Crippen molar-refractivity contribution in [3.05, 3.63) is 0 Å². The van der Waals surface area contributed by atoms with Crippen molar-refractivity contribution in [1.82, 2.24) is 5.32 Å². The van der Waals surface area contributed by atoms with Gasteiger partial charge in [-0.15, -0.1) is 0 Å². The first-order chi connectivity index (χ1) is 3.81. The summed E-state index contributed by atoms with van der Waals surface area (Å²) >= 11 is 3.85. The van der Waals surface area contributed by atoms with E-state index in [4.69, 9.17) is 7.85 Å². The monoisotopic (exact) mass is 129 g/mol. The summed E-state index contributed by atoms with van der Waals surface area (Å²) in [6.07, 6.45) is 0.660. The summed E-state index contributed by atoms with van der Waals surface area (Å²) in [5, 5.41) is 2.44. The molecule has 0 aromatic heterocycles. The van der Waals surface area contributed by atoms with E-state index in [1.54, 1.807) is 0 Å². The van der Waals surface area contributed by atoms with Crippen LogP contribution in [0.4, 0.5) is 0 Å². The maximum atomic E-state index is 10.4. The SMILES string of the molecule is [B]CNC(=O)CCS. The Labute approximate surface area is 55.9 Å². The third-order valence-electron chi connectivity index (χ3n) is 0.638. The number of hydrogen-bond donors (Lipinski definition) is 2. The summed E-state index contributed by atoms with van der Waals surface area (Å²) in [5.41, 5.74) is 0. The number of nitrogens with one attached hydrogen (secondary N) is 1. The predicted molar refractivity (Wildman–Crippen MR) is 37.2 cm³/mol. The van der Waals surface area contributed by atoms with Gasteiger partial charge in [0.1, 0.15) is 0 Å². The molecule has 0 unspecified atom stereocenters. The molecule has 2 radical (unpaired) electrons. The largest absolute Gasteiger partial charge is 0.365 e. The van der Waals surface area contributed by atoms with Crippen LogP contribution < -0.4 is 5.32 Å². The molecule has 0 aliphatic rings. The summed E-state index contributed by atoms with van der Waals surface area (Å²) in [4.78, 5) is 10.4. The first kappa shape index (κ1) is 7.88. The van der Waals surface area contributed by atoms with Crippen LogP contribution in [0.2, 0.25) is 0 Å². The lowest BCUT2D eigenvalue weighted by molar-refractivity contribution is -0.120. The molecule has 0 fully saturated rings. The molecular weight excluding hydrogens is 121 g/mol. The van der Waals surface area contributed by atoms with Gasteiger partial charge in [0, 0.05) is 6.42 Å². The molecule has 8 heavy (non-hydrogen) atoms. The molecule has 0 rings (SSSR count). The van der Waals surface area contributed by atoms with Crippen LogP contribution in [0.3, 0.4) is 0 Å². The molecular formula is C4H8BNOS. The average Bonchev–Trinajstić information content (AvgIpc) is 1.68. The van der Waals surface area contributed by atoms with Crippen LogP contribution in [-0.4, -0.2) is 26.0 Å². The summed E-state index contributed by atoms with van der Waals surface area (Å²) in [6.45, 7) is 0. The average molecular weight is 129 g/mol. The predicted octanol–water partition coefficient (Wildman–Crippen LogP) is -0.452. The number of carbonyl (C=O) groups excluding carboxylic acids is 1. The van der Waals surface area contributed by atoms with E-state index in [0.717, 1.165) is 0 Å². The zero-order chi connectivity index (χ0) is 6.41. The third kappa shape index (κ3) is 4.05. The van der Waals surface area contributed by atoms with Crippen molar-refractivity contribution < 1.29 is 4.79 Å². The van der Waals surface area contributed by atoms with Crippen molar-refractivity contribution in [3.63, 3.8) is 0 Å². The van der Waals surface area contributed by atoms with Gasteiger partial charge in [-0.25, -0.2) is 0 Å². The number of carbonyl (C=O) groups is 1. The second-order valence-corrected chi connectivity index (χ2v) is 1.72. The zero-order valence-electron chi connectivity index (χ0n) is 4.55. The van der Waals surface area contributed by atoms with Crippen LogP contribution in [0.15, 0.2) is 0 Å². The van der Waals surface area contributed by atoms with E-state index in [9.17, 15) is 4.79 Å². The molecule has 0 saturated carbocycles. The summed E-state index contributed by atoms with van der Waals surface area (Å²) < 4.78 is 0. The van der Waals surface area contributed by atoms with E-state index >= 15 is 0 Å². The molecule has 4 heteroatoms. The van der Waals surface area contributed by atoms with Crippen LogP contribution in [0, 0.1) is 0 Å². The molecule has 0 heterocycles. The Morgan fingerprint density at radius 3 is 2.75 bits per heavy atom. The van der Waals surface area contributed by atoms with Crippen LogP contribution in [0.1, 0.15) is 6.42 Å². The van der Waals surface area contributed by atoms with Gasteiger partial charge in [0.25, 0.3) is 0 Å². The van der Waals surface area contributed by atoms with Crippen molar-refractivity contribution in [2.75, 3.05) is 12.2 Å². The second-order valence-electron chi connectivity index (χ2n) is 1.28. The Balaban J connectivity index is 3.06. The van der Waals surface area contributed by atoms with E-state index in [0.29, 0.717) is 12.2 Å². The zero-order valence-corrected chi connectivity index (χ0v) is 5.45. The molecule has 0 bridgehead atoms. The number of rotatable bonds is 3. The number of thiol groups is 1. The molecule has 0 aromatic rings. The van der Waals surface area contributed by atoms with Crippen molar-refractivity contribution >= 4 is 26.4 Å². The molecule has 2 nitrogen and oxygen atoms in total. The molecule has 0 atom stereocenters. The fourth-order valence-electron chi connectivity index (χ4n) is 0.304. The van der Waals surface area contributed by atoms with Crippen molar-refractivity contribution in [2.45, 2.75) is 6.42 Å². The van der Waals surface area contributed by atoms with Crippen molar-refractivity contribution in [1.29, 1.82) is 0 Å². The van der Waals surface area contributed by atoms with Gasteiger partial charge in [0.05, 0.1) is 7.85 Å². The van der Waals surface area contributed by atoms with E-state index < -0.39 is 0 Å². The van der Waals surface area contributed by atoms with Crippen LogP contribution in [-0.2, 0) is 4.79 Å². The molecule has 1 amide bonds. The van der Waals surface area contributed by atoms with Gasteiger partial charge in [0.2, 0.25) is 5.91 Å². The van der Waals surface area contributed by atoms with Gasteiger partial charge in [0.15, 0.2) is 0 Å². The number of hydrogen-bond acceptors (Lipinski definition) is 2. The van der Waals surface area contributed by atoms with Gasteiger partial charge in [-0.05, 0) is 12.2 Å². The Morgan fingerprint density at radius 1 is 1.75 bits per heavy atom. The van der Waals surface area contributed by atoms with Crippen molar-refractivity contribution in [2.24, 2.45) is 0 Å². The van der Waals surface area contributed by atoms with E-state index in [1.807, 2.05) is 0 Å². The quantitative estimate of drug-likeness (QED) is 0.392. The highest BCUT2D eigenvalue weighted by molar-refractivity contribution is 7.80. The van der Waals surface area contributed by atoms with E-state index in [2.05, 4.69) is 17.9 Å². The maximum Gasteiger partial charge on any atom is 0.220 e. The third-order valence-corrected chi connectivity index (χ3v) is 0.862. The van der Waals surface area contributed by atoms with Crippen LogP contribution in [0.5, 0.6) is 0 Å². The Hall–Kier alpha value is -0.115. The molecule has 0 saturated heterocycles. The normalized spacial score (nSPS) is 8.62. The minimum Gasteiger partial charge on any atom is -0.365 e. The molecule has 0 aliphatic heterocycles. The van der Waals surface area contributed by atoms with E-state index in [1.165, 1.54) is 0 Å². The molecule has 44 valence electrons. The number of amides is 1. The lowest BCUT2D eigenvalue weighted by Crippen LogP contribution is -2.24. The summed E-state index contributed by atoms with van der Waals surface area (Å²) in [6, 6.07) is 0. The lowest BCUT2D eigenvalue weighted by Gasteiger charge is -1.96. The van der Waals surface area contributed by atoms with Gasteiger partial charge >= 0.3 is 0 Å². The van der Waals surface area contributed by atoms with Crippen molar-refractivity contribution in [3.8, 4) is 0 Å². The molecule has 1 N–H and O–H groups in total. The summed E-state index contributed by atoms with van der Waals surface area (Å²) in [7, 11) is 5.00.